The van der Waals surface area contributed by atoms with Crippen molar-refractivity contribution < 1.29 is 4.74 Å². The molecule has 2 aromatic rings. The first-order chi connectivity index (χ1) is 8.27. The minimum Gasteiger partial charge on any atom is -0.374 e. The number of imidazole rings is 1. The zero-order chi connectivity index (χ0) is 12.3. The number of nitrogens with two attached hydrogens (primary N) is 1. The highest BCUT2D eigenvalue weighted by molar-refractivity contribution is 5.79. The number of nitrogens with zero attached hydrogens (tertiary/aromatic N) is 2. The van der Waals surface area contributed by atoms with E-state index in [-0.39, 0.29) is 0 Å². The van der Waals surface area contributed by atoms with Crippen LogP contribution in [0.25, 0.3) is 11.0 Å². The average molecular weight is 233 g/mol. The van der Waals surface area contributed by atoms with Gasteiger partial charge in [0.15, 0.2) is 0 Å². The van der Waals surface area contributed by atoms with Crippen molar-refractivity contribution >= 4 is 11.0 Å². The number of hydrogen-bond donors (Lipinski definition) is 1. The Labute approximate surface area is 101 Å². The van der Waals surface area contributed by atoms with E-state index in [9.17, 15) is 0 Å². The normalized spacial score (nSPS) is 11.2. The Morgan fingerprint density at radius 3 is 2.94 bits per heavy atom. The molecule has 0 bridgehead atoms. The second-order valence-corrected chi connectivity index (χ2v) is 4.13. The maximum Gasteiger partial charge on any atom is 0.135 e. The Bertz CT molecular complexity index is 505. The van der Waals surface area contributed by atoms with Crippen LogP contribution in [0.5, 0.6) is 0 Å². The molecule has 17 heavy (non-hydrogen) atoms. The van der Waals surface area contributed by atoms with Gasteiger partial charge >= 0.3 is 0 Å². The highest BCUT2D eigenvalue weighted by Gasteiger charge is 2.09. The number of benzene rings is 1. The lowest BCUT2D eigenvalue weighted by Gasteiger charge is -2.02. The van der Waals surface area contributed by atoms with Crippen molar-refractivity contribution in [3.63, 3.8) is 0 Å². The molecule has 1 aromatic carbocycles. The van der Waals surface area contributed by atoms with Gasteiger partial charge in [-0.3, -0.25) is 0 Å². The van der Waals surface area contributed by atoms with E-state index in [4.69, 9.17) is 10.5 Å². The highest BCUT2D eigenvalue weighted by Crippen LogP contribution is 2.19. The zero-order valence-electron chi connectivity index (χ0n) is 10.4. The van der Waals surface area contributed by atoms with Crippen molar-refractivity contribution in [2.75, 3.05) is 6.61 Å². The number of aromatic nitrogens is 2. The lowest BCUT2D eigenvalue weighted by atomic mass is 10.2. The maximum atomic E-state index is 5.72. The van der Waals surface area contributed by atoms with Crippen LogP contribution in [0.1, 0.15) is 24.7 Å². The second-order valence-electron chi connectivity index (χ2n) is 4.13. The summed E-state index contributed by atoms with van der Waals surface area (Å²) in [5.41, 5.74) is 8.91. The molecule has 1 heterocycles. The predicted octanol–water partition coefficient (Wildman–Crippen LogP) is 1.96. The molecular weight excluding hydrogens is 214 g/mol. The second kappa shape index (κ2) is 5.29. The smallest absolute Gasteiger partial charge is 0.135 e. The van der Waals surface area contributed by atoms with Gasteiger partial charge < -0.3 is 15.0 Å². The molecule has 4 heteroatoms. The molecular formula is C13H19N3O. The van der Waals surface area contributed by atoms with Crippen LogP contribution in [-0.4, -0.2) is 16.2 Å². The Hall–Kier alpha value is -1.39. The molecule has 0 unspecified atom stereocenters. The SMILES string of the molecule is CCCOCc1nc2c(CN)cccc2n1C. The highest BCUT2D eigenvalue weighted by atomic mass is 16.5. The van der Waals surface area contributed by atoms with E-state index in [1.807, 2.05) is 19.2 Å². The lowest BCUT2D eigenvalue weighted by Crippen LogP contribution is -2.01. The summed E-state index contributed by atoms with van der Waals surface area (Å²) in [6.07, 6.45) is 1.03. The van der Waals surface area contributed by atoms with Crippen LogP contribution < -0.4 is 5.73 Å². The quantitative estimate of drug-likeness (QED) is 0.803. The summed E-state index contributed by atoms with van der Waals surface area (Å²) >= 11 is 0. The average Bonchev–Trinajstić information content (AvgIpc) is 2.67. The fourth-order valence-electron chi connectivity index (χ4n) is 1.92. The van der Waals surface area contributed by atoms with Crippen molar-refractivity contribution in [3.05, 3.63) is 29.6 Å². The van der Waals surface area contributed by atoms with Gasteiger partial charge in [-0.05, 0) is 18.1 Å². The van der Waals surface area contributed by atoms with Crippen molar-refractivity contribution in [3.8, 4) is 0 Å². The maximum absolute atomic E-state index is 5.72. The third-order valence-corrected chi connectivity index (χ3v) is 2.89. The number of rotatable bonds is 5. The van der Waals surface area contributed by atoms with Crippen LogP contribution >= 0.6 is 0 Å². The summed E-state index contributed by atoms with van der Waals surface area (Å²) in [7, 11) is 2.01. The molecule has 0 amide bonds. The number of para-hydroxylation sites is 1. The minimum atomic E-state index is 0.517. The molecule has 1 aromatic heterocycles. The summed E-state index contributed by atoms with van der Waals surface area (Å²) in [4.78, 5) is 4.61. The van der Waals surface area contributed by atoms with Crippen LogP contribution in [0.15, 0.2) is 18.2 Å². The molecule has 0 radical (unpaired) electrons. The Balaban J connectivity index is 2.35. The molecule has 0 aliphatic heterocycles. The summed E-state index contributed by atoms with van der Waals surface area (Å²) in [6, 6.07) is 6.10. The van der Waals surface area contributed by atoms with E-state index in [1.165, 1.54) is 0 Å². The minimum absolute atomic E-state index is 0.517. The number of fused-ring (bicyclic) bond motifs is 1. The van der Waals surface area contributed by atoms with Crippen LogP contribution in [0, 0.1) is 0 Å². The molecule has 0 saturated carbocycles. The molecule has 0 spiro atoms. The largest absolute Gasteiger partial charge is 0.374 e. The van der Waals surface area contributed by atoms with Gasteiger partial charge in [-0.25, -0.2) is 4.98 Å². The molecule has 0 aliphatic rings. The summed E-state index contributed by atoms with van der Waals surface area (Å²) in [5, 5.41) is 0. The molecule has 0 saturated heterocycles. The zero-order valence-corrected chi connectivity index (χ0v) is 10.4. The van der Waals surface area contributed by atoms with Gasteiger partial charge in [0.25, 0.3) is 0 Å². The summed E-state index contributed by atoms with van der Waals surface area (Å²) < 4.78 is 7.61. The fourth-order valence-corrected chi connectivity index (χ4v) is 1.92. The standard InChI is InChI=1S/C13H19N3O/c1-3-7-17-9-12-15-13-10(8-14)5-4-6-11(13)16(12)2/h4-6H,3,7-9,14H2,1-2H3. The lowest BCUT2D eigenvalue weighted by molar-refractivity contribution is 0.114. The van der Waals surface area contributed by atoms with Crippen molar-refractivity contribution in [2.45, 2.75) is 26.5 Å². The first-order valence-corrected chi connectivity index (χ1v) is 5.99. The first-order valence-electron chi connectivity index (χ1n) is 5.99. The Kier molecular flexibility index (Phi) is 3.76. The van der Waals surface area contributed by atoms with Crippen LogP contribution in [0.4, 0.5) is 0 Å². The first kappa shape index (κ1) is 12.1. The van der Waals surface area contributed by atoms with Gasteiger partial charge in [0, 0.05) is 20.2 Å². The molecule has 0 fully saturated rings. The van der Waals surface area contributed by atoms with Crippen molar-refractivity contribution in [1.82, 2.24) is 9.55 Å². The van der Waals surface area contributed by atoms with Gasteiger partial charge in [-0.2, -0.15) is 0 Å². The third kappa shape index (κ3) is 2.33. The molecule has 2 rings (SSSR count). The molecule has 2 N–H and O–H groups in total. The Morgan fingerprint density at radius 1 is 1.41 bits per heavy atom. The molecule has 4 nitrogen and oxygen atoms in total. The Morgan fingerprint density at radius 2 is 2.24 bits per heavy atom. The van der Waals surface area contributed by atoms with Gasteiger partial charge in [0.2, 0.25) is 0 Å². The summed E-state index contributed by atoms with van der Waals surface area (Å²) in [6.45, 7) is 3.95. The van der Waals surface area contributed by atoms with E-state index in [2.05, 4.69) is 22.5 Å². The van der Waals surface area contributed by atoms with Crippen LogP contribution in [-0.2, 0) is 24.9 Å². The topological polar surface area (TPSA) is 53.1 Å². The van der Waals surface area contributed by atoms with Gasteiger partial charge in [-0.15, -0.1) is 0 Å². The van der Waals surface area contributed by atoms with E-state index in [0.717, 1.165) is 35.4 Å². The van der Waals surface area contributed by atoms with E-state index >= 15 is 0 Å². The molecule has 0 aliphatic carbocycles. The predicted molar refractivity (Wildman–Crippen MR) is 68.6 cm³/mol. The monoisotopic (exact) mass is 233 g/mol. The molecule has 0 atom stereocenters. The van der Waals surface area contributed by atoms with Crippen molar-refractivity contribution in [2.24, 2.45) is 12.8 Å². The number of ether oxygens (including phenoxy) is 1. The van der Waals surface area contributed by atoms with E-state index in [0.29, 0.717) is 13.2 Å². The fraction of sp³-hybridized carbons (Fsp3) is 0.462. The number of aryl methyl sites for hydroxylation is 1. The molecule has 92 valence electrons. The van der Waals surface area contributed by atoms with Gasteiger partial charge in [-0.1, -0.05) is 19.1 Å². The number of hydrogen-bond acceptors (Lipinski definition) is 3. The van der Waals surface area contributed by atoms with Gasteiger partial charge in [0.1, 0.15) is 12.4 Å². The third-order valence-electron chi connectivity index (χ3n) is 2.89. The van der Waals surface area contributed by atoms with E-state index in [1.54, 1.807) is 0 Å². The van der Waals surface area contributed by atoms with Crippen LogP contribution in [0.3, 0.4) is 0 Å². The van der Waals surface area contributed by atoms with E-state index < -0.39 is 0 Å². The summed E-state index contributed by atoms with van der Waals surface area (Å²) in [5.74, 6) is 0.953. The van der Waals surface area contributed by atoms with Crippen LogP contribution in [0.2, 0.25) is 0 Å². The van der Waals surface area contributed by atoms with Crippen molar-refractivity contribution in [1.29, 1.82) is 0 Å². The van der Waals surface area contributed by atoms with Gasteiger partial charge in [0.05, 0.1) is 11.0 Å².